The van der Waals surface area contributed by atoms with Crippen molar-refractivity contribution in [1.82, 2.24) is 0 Å². The molecule has 21 heavy (non-hydrogen) atoms. The minimum absolute atomic E-state index is 0.151. The second-order valence-corrected chi connectivity index (χ2v) is 4.24. The molecule has 2 rings (SSSR count). The molecule has 0 aliphatic heterocycles. The topological polar surface area (TPSA) is 26.3 Å². The Bertz CT molecular complexity index is 616. The highest BCUT2D eigenvalue weighted by Gasteiger charge is 2.30. The van der Waals surface area contributed by atoms with Crippen LogP contribution in [0.2, 0.25) is 0 Å². The minimum atomic E-state index is -4.41. The van der Waals surface area contributed by atoms with Gasteiger partial charge in [0.1, 0.15) is 11.6 Å². The second kappa shape index (κ2) is 5.95. The van der Waals surface area contributed by atoms with Crippen LogP contribution in [-0.4, -0.2) is 12.4 Å². The first kappa shape index (κ1) is 15.0. The molecule has 2 aromatic carbocycles. The summed E-state index contributed by atoms with van der Waals surface area (Å²) in [5, 5.41) is 0. The lowest BCUT2D eigenvalue weighted by atomic mass is 10.1. The minimum Gasteiger partial charge on any atom is -0.485 e. The monoisotopic (exact) mass is 298 g/mol. The summed E-state index contributed by atoms with van der Waals surface area (Å²) in [7, 11) is 0. The Morgan fingerprint density at radius 3 is 2.05 bits per heavy atom. The third kappa shape index (κ3) is 4.05. The SMILES string of the molecule is O=C(COc1ccc(C(F)(F)F)cc1)c1ccc(F)cc1. The van der Waals surface area contributed by atoms with Crippen LogP contribution in [0.25, 0.3) is 0 Å². The molecule has 2 nitrogen and oxygen atoms in total. The Balaban J connectivity index is 1.97. The third-order valence-electron chi connectivity index (χ3n) is 2.72. The van der Waals surface area contributed by atoms with Crippen LogP contribution in [0.1, 0.15) is 15.9 Å². The molecule has 0 spiro atoms. The van der Waals surface area contributed by atoms with E-state index in [1.54, 1.807) is 0 Å². The fraction of sp³-hybridized carbons (Fsp3) is 0.133. The van der Waals surface area contributed by atoms with Crippen LogP contribution in [0.5, 0.6) is 5.75 Å². The van der Waals surface area contributed by atoms with Crippen LogP contribution in [0, 0.1) is 5.82 Å². The molecule has 0 heterocycles. The molecule has 0 bridgehead atoms. The molecule has 0 radical (unpaired) electrons. The normalized spacial score (nSPS) is 11.2. The fourth-order valence-electron chi connectivity index (χ4n) is 1.61. The molecule has 0 saturated heterocycles. The number of halogens is 4. The Labute approximate surface area is 118 Å². The lowest BCUT2D eigenvalue weighted by Gasteiger charge is -2.09. The molecule has 0 unspecified atom stereocenters. The first-order valence-electron chi connectivity index (χ1n) is 5.95. The molecule has 0 saturated carbocycles. The molecular weight excluding hydrogens is 288 g/mol. The van der Waals surface area contributed by atoms with Crippen molar-refractivity contribution < 1.29 is 27.1 Å². The summed E-state index contributed by atoms with van der Waals surface area (Å²) in [6, 6.07) is 8.94. The average Bonchev–Trinajstić information content (AvgIpc) is 2.45. The van der Waals surface area contributed by atoms with E-state index in [9.17, 15) is 22.4 Å². The summed E-state index contributed by atoms with van der Waals surface area (Å²) in [4.78, 5) is 11.7. The number of hydrogen-bond acceptors (Lipinski definition) is 2. The van der Waals surface area contributed by atoms with Crippen LogP contribution >= 0.6 is 0 Å². The zero-order valence-electron chi connectivity index (χ0n) is 10.7. The second-order valence-electron chi connectivity index (χ2n) is 4.24. The Kier molecular flexibility index (Phi) is 4.26. The smallest absolute Gasteiger partial charge is 0.416 e. The van der Waals surface area contributed by atoms with E-state index in [0.29, 0.717) is 0 Å². The van der Waals surface area contributed by atoms with Crippen LogP contribution in [0.3, 0.4) is 0 Å². The Morgan fingerprint density at radius 2 is 1.52 bits per heavy atom. The van der Waals surface area contributed by atoms with Gasteiger partial charge < -0.3 is 4.74 Å². The van der Waals surface area contributed by atoms with Gasteiger partial charge in [-0.05, 0) is 48.5 Å². The molecule has 110 valence electrons. The lowest BCUT2D eigenvalue weighted by Crippen LogP contribution is -2.12. The van der Waals surface area contributed by atoms with E-state index in [2.05, 4.69) is 0 Å². The molecule has 0 aromatic heterocycles. The molecule has 6 heteroatoms. The molecule has 0 aliphatic carbocycles. The highest BCUT2D eigenvalue weighted by atomic mass is 19.4. The van der Waals surface area contributed by atoms with Crippen LogP contribution in [0.4, 0.5) is 17.6 Å². The highest BCUT2D eigenvalue weighted by Crippen LogP contribution is 2.30. The molecular formula is C15H10F4O2. The average molecular weight is 298 g/mol. The summed E-state index contributed by atoms with van der Waals surface area (Å²) in [6.45, 7) is -0.336. The van der Waals surface area contributed by atoms with Crippen LogP contribution in [0.15, 0.2) is 48.5 Å². The third-order valence-corrected chi connectivity index (χ3v) is 2.72. The van der Waals surface area contributed by atoms with Crippen LogP contribution in [-0.2, 0) is 6.18 Å². The van der Waals surface area contributed by atoms with Gasteiger partial charge in [-0.3, -0.25) is 4.79 Å². The molecule has 0 N–H and O–H groups in total. The van der Waals surface area contributed by atoms with E-state index in [1.165, 1.54) is 12.1 Å². The quantitative estimate of drug-likeness (QED) is 0.627. The van der Waals surface area contributed by atoms with E-state index in [-0.39, 0.29) is 17.9 Å². The summed E-state index contributed by atoms with van der Waals surface area (Å²) < 4.78 is 54.9. The van der Waals surface area contributed by atoms with Gasteiger partial charge >= 0.3 is 6.18 Å². The van der Waals surface area contributed by atoms with Gasteiger partial charge in [0.15, 0.2) is 12.4 Å². The van der Waals surface area contributed by atoms with Gasteiger partial charge in [-0.1, -0.05) is 0 Å². The van der Waals surface area contributed by atoms with Crippen molar-refractivity contribution in [2.75, 3.05) is 6.61 Å². The van der Waals surface area contributed by atoms with Crippen molar-refractivity contribution in [2.24, 2.45) is 0 Å². The summed E-state index contributed by atoms with van der Waals surface area (Å²) in [6.07, 6.45) is -4.41. The van der Waals surface area contributed by atoms with Crippen molar-refractivity contribution in [3.63, 3.8) is 0 Å². The number of ether oxygens (including phenoxy) is 1. The zero-order valence-corrected chi connectivity index (χ0v) is 10.7. The molecule has 0 amide bonds. The number of Topliss-reactive ketones (excluding diaryl/α,β-unsaturated/α-hetero) is 1. The summed E-state index contributed by atoms with van der Waals surface area (Å²) in [5.74, 6) is -0.705. The van der Waals surface area contributed by atoms with Gasteiger partial charge in [-0.2, -0.15) is 13.2 Å². The summed E-state index contributed by atoms with van der Waals surface area (Å²) >= 11 is 0. The predicted octanol–water partition coefficient (Wildman–Crippen LogP) is 4.11. The standard InChI is InChI=1S/C15H10F4O2/c16-12-5-1-10(2-6-12)14(20)9-21-13-7-3-11(4-8-13)15(17,18)19/h1-8H,9H2. The van der Waals surface area contributed by atoms with Gasteiger partial charge in [0, 0.05) is 5.56 Å². The largest absolute Gasteiger partial charge is 0.485 e. The van der Waals surface area contributed by atoms with Crippen molar-refractivity contribution in [2.45, 2.75) is 6.18 Å². The maximum atomic E-state index is 12.7. The number of carbonyl (C=O) groups excluding carboxylic acids is 1. The number of alkyl halides is 3. The van der Waals surface area contributed by atoms with Gasteiger partial charge in [0.25, 0.3) is 0 Å². The number of hydrogen-bond donors (Lipinski definition) is 0. The van der Waals surface area contributed by atoms with Gasteiger partial charge in [-0.15, -0.1) is 0 Å². The molecule has 0 fully saturated rings. The van der Waals surface area contributed by atoms with Crippen molar-refractivity contribution in [1.29, 1.82) is 0 Å². The van der Waals surface area contributed by atoms with Crippen LogP contribution < -0.4 is 4.74 Å². The molecule has 2 aromatic rings. The predicted molar refractivity (Wildman–Crippen MR) is 67.7 cm³/mol. The maximum Gasteiger partial charge on any atom is 0.416 e. The van der Waals surface area contributed by atoms with Crippen molar-refractivity contribution in [3.05, 3.63) is 65.5 Å². The van der Waals surface area contributed by atoms with Gasteiger partial charge in [0.05, 0.1) is 5.56 Å². The maximum absolute atomic E-state index is 12.7. The number of ketones is 1. The lowest BCUT2D eigenvalue weighted by molar-refractivity contribution is -0.137. The number of benzene rings is 2. The number of rotatable bonds is 4. The molecule has 0 aliphatic rings. The van der Waals surface area contributed by atoms with Gasteiger partial charge in [0.2, 0.25) is 0 Å². The van der Waals surface area contributed by atoms with E-state index in [0.717, 1.165) is 36.4 Å². The number of carbonyl (C=O) groups is 1. The zero-order chi connectivity index (χ0) is 15.5. The Morgan fingerprint density at radius 1 is 0.952 bits per heavy atom. The van der Waals surface area contributed by atoms with E-state index in [1.807, 2.05) is 0 Å². The van der Waals surface area contributed by atoms with Crippen molar-refractivity contribution in [3.8, 4) is 5.75 Å². The van der Waals surface area contributed by atoms with E-state index >= 15 is 0 Å². The van der Waals surface area contributed by atoms with E-state index in [4.69, 9.17) is 4.74 Å². The van der Waals surface area contributed by atoms with Crippen molar-refractivity contribution >= 4 is 5.78 Å². The van der Waals surface area contributed by atoms with E-state index < -0.39 is 23.3 Å². The molecule has 0 atom stereocenters. The van der Waals surface area contributed by atoms with Gasteiger partial charge in [-0.25, -0.2) is 4.39 Å². The fourth-order valence-corrected chi connectivity index (χ4v) is 1.61. The highest BCUT2D eigenvalue weighted by molar-refractivity contribution is 5.97. The summed E-state index contributed by atoms with van der Waals surface area (Å²) in [5.41, 5.74) is -0.525. The Hall–Kier alpha value is -2.37. The first-order chi connectivity index (χ1) is 9.86. The first-order valence-corrected chi connectivity index (χ1v) is 5.95.